The number of carboxylic acids is 1. The molecule has 130 valence electrons. The molecule has 24 heavy (non-hydrogen) atoms. The van der Waals surface area contributed by atoms with Crippen LogP contribution in [0, 0.1) is 5.92 Å². The third kappa shape index (κ3) is 4.70. The van der Waals surface area contributed by atoms with Gasteiger partial charge in [0.05, 0.1) is 0 Å². The van der Waals surface area contributed by atoms with Crippen LogP contribution in [0.4, 0.5) is 0 Å². The van der Waals surface area contributed by atoms with Gasteiger partial charge in [0.1, 0.15) is 6.10 Å². The van der Waals surface area contributed by atoms with Gasteiger partial charge in [-0.15, -0.1) is 0 Å². The van der Waals surface area contributed by atoms with Gasteiger partial charge in [0.15, 0.2) is 0 Å². The van der Waals surface area contributed by atoms with Crippen molar-refractivity contribution < 1.29 is 19.4 Å². The molecule has 1 unspecified atom stereocenters. The summed E-state index contributed by atoms with van der Waals surface area (Å²) in [6.07, 6.45) is 10.1. The largest absolute Gasteiger partial charge is 0.478 e. The number of carbonyl (C=O) groups is 2. The summed E-state index contributed by atoms with van der Waals surface area (Å²) in [7, 11) is 0. The van der Waals surface area contributed by atoms with Crippen LogP contribution in [0.5, 0.6) is 0 Å². The second-order valence-electron chi connectivity index (χ2n) is 6.72. The first-order valence-electron chi connectivity index (χ1n) is 8.53. The zero-order valence-electron chi connectivity index (χ0n) is 14.5. The van der Waals surface area contributed by atoms with E-state index < -0.39 is 5.97 Å². The Hall–Kier alpha value is -2.10. The second-order valence-corrected chi connectivity index (χ2v) is 6.72. The molecule has 0 aromatic heterocycles. The van der Waals surface area contributed by atoms with Crippen LogP contribution in [0.15, 0.2) is 47.1 Å². The second kappa shape index (κ2) is 8.13. The number of carbonyl (C=O) groups excluding carboxylic acids is 1. The molecule has 0 bridgehead atoms. The van der Waals surface area contributed by atoms with Crippen molar-refractivity contribution in [3.05, 3.63) is 47.1 Å². The smallest absolute Gasteiger partial charge is 0.334 e. The van der Waals surface area contributed by atoms with Gasteiger partial charge in [0.2, 0.25) is 0 Å². The summed E-state index contributed by atoms with van der Waals surface area (Å²) in [5.74, 6) is -1.10. The minimum absolute atomic E-state index is 0.0314. The van der Waals surface area contributed by atoms with Gasteiger partial charge < -0.3 is 9.84 Å². The first-order chi connectivity index (χ1) is 11.4. The van der Waals surface area contributed by atoms with Crippen molar-refractivity contribution in [2.24, 2.45) is 5.92 Å². The molecule has 1 fully saturated rings. The van der Waals surface area contributed by atoms with Crippen molar-refractivity contribution >= 4 is 11.9 Å². The quantitative estimate of drug-likeness (QED) is 0.441. The molecular weight excluding hydrogens is 304 g/mol. The van der Waals surface area contributed by atoms with Gasteiger partial charge in [-0.2, -0.15) is 0 Å². The Morgan fingerprint density at radius 1 is 1.17 bits per heavy atom. The molecule has 4 nitrogen and oxygen atoms in total. The lowest BCUT2D eigenvalue weighted by Crippen LogP contribution is -2.15. The van der Waals surface area contributed by atoms with E-state index in [1.165, 1.54) is 5.57 Å². The van der Waals surface area contributed by atoms with Gasteiger partial charge in [-0.25, -0.2) is 9.59 Å². The molecule has 2 atom stereocenters. The number of allylic oxidation sites excluding steroid dienone is 4. The van der Waals surface area contributed by atoms with Crippen molar-refractivity contribution in [3.8, 4) is 0 Å². The van der Waals surface area contributed by atoms with E-state index in [4.69, 9.17) is 4.74 Å². The minimum Gasteiger partial charge on any atom is -0.478 e. The normalized spacial score (nSPS) is 33.0. The van der Waals surface area contributed by atoms with Crippen LogP contribution in [-0.2, 0) is 14.3 Å². The van der Waals surface area contributed by atoms with Gasteiger partial charge in [-0.1, -0.05) is 29.9 Å². The summed E-state index contributed by atoms with van der Waals surface area (Å²) < 4.78 is 5.46. The van der Waals surface area contributed by atoms with Crippen LogP contribution >= 0.6 is 0 Å². The molecule has 0 amide bonds. The first kappa shape index (κ1) is 18.2. The van der Waals surface area contributed by atoms with Crippen molar-refractivity contribution in [1.82, 2.24) is 0 Å². The number of aliphatic carboxylic acids is 1. The Kier molecular flexibility index (Phi) is 6.18. The van der Waals surface area contributed by atoms with E-state index in [-0.39, 0.29) is 18.0 Å². The van der Waals surface area contributed by atoms with Crippen molar-refractivity contribution in [2.75, 3.05) is 0 Å². The number of hydrogen-bond acceptors (Lipinski definition) is 3. The molecular formula is C20H26O4. The molecule has 1 saturated heterocycles. The van der Waals surface area contributed by atoms with E-state index in [1.807, 2.05) is 26.0 Å². The number of ether oxygens (including phenoxy) is 1. The Morgan fingerprint density at radius 2 is 1.88 bits per heavy atom. The predicted molar refractivity (Wildman–Crippen MR) is 93.4 cm³/mol. The van der Waals surface area contributed by atoms with Gasteiger partial charge in [-0.05, 0) is 58.4 Å². The summed E-state index contributed by atoms with van der Waals surface area (Å²) in [6, 6.07) is 0. The average molecular weight is 330 g/mol. The Bertz CT molecular complexity index is 622. The molecule has 1 N–H and O–H groups in total. The fourth-order valence-corrected chi connectivity index (χ4v) is 3.21. The monoisotopic (exact) mass is 330 g/mol. The van der Waals surface area contributed by atoms with Crippen LogP contribution in [0.25, 0.3) is 0 Å². The van der Waals surface area contributed by atoms with E-state index >= 15 is 0 Å². The van der Waals surface area contributed by atoms with Crippen molar-refractivity contribution in [1.29, 1.82) is 0 Å². The highest BCUT2D eigenvalue weighted by Crippen LogP contribution is 2.33. The SMILES string of the molecule is C=C1C(=O)O[C@H]2/C=C(\C)CC/C=C(/C(=O)O)CC/C=C(\C)CCC12. The van der Waals surface area contributed by atoms with E-state index in [0.29, 0.717) is 24.0 Å². The zero-order chi connectivity index (χ0) is 17.7. The topological polar surface area (TPSA) is 63.6 Å². The van der Waals surface area contributed by atoms with E-state index in [0.717, 1.165) is 31.3 Å². The molecule has 2 aliphatic rings. The molecule has 0 saturated carbocycles. The zero-order valence-corrected chi connectivity index (χ0v) is 14.5. The maximum absolute atomic E-state index is 11.8. The highest BCUT2D eigenvalue weighted by Gasteiger charge is 2.36. The predicted octanol–water partition coefficient (Wildman–Crippen LogP) is 4.34. The molecule has 1 aliphatic heterocycles. The molecule has 2 rings (SSSR count). The molecule has 0 aromatic carbocycles. The number of fused-ring (bicyclic) bond motifs is 1. The van der Waals surface area contributed by atoms with Gasteiger partial charge in [-0.3, -0.25) is 0 Å². The highest BCUT2D eigenvalue weighted by atomic mass is 16.5. The molecule has 0 aromatic rings. The summed E-state index contributed by atoms with van der Waals surface area (Å²) in [5.41, 5.74) is 3.36. The van der Waals surface area contributed by atoms with Crippen LogP contribution in [-0.4, -0.2) is 23.1 Å². The molecule has 4 heteroatoms. The summed E-state index contributed by atoms with van der Waals surface area (Å²) in [4.78, 5) is 23.2. The van der Waals surface area contributed by atoms with Crippen LogP contribution in [0.3, 0.4) is 0 Å². The van der Waals surface area contributed by atoms with Crippen molar-refractivity contribution in [2.45, 2.75) is 58.5 Å². The number of esters is 1. The Balaban J connectivity index is 2.23. The first-order valence-corrected chi connectivity index (χ1v) is 8.53. The molecule has 0 radical (unpaired) electrons. The summed E-state index contributed by atoms with van der Waals surface area (Å²) >= 11 is 0. The number of hydrogen-bond donors (Lipinski definition) is 1. The fraction of sp³-hybridized carbons (Fsp3) is 0.500. The third-order valence-corrected chi connectivity index (χ3v) is 4.76. The lowest BCUT2D eigenvalue weighted by Gasteiger charge is -2.16. The Labute approximate surface area is 143 Å². The minimum atomic E-state index is -0.837. The maximum atomic E-state index is 11.8. The summed E-state index contributed by atoms with van der Waals surface area (Å²) in [5, 5.41) is 9.29. The van der Waals surface area contributed by atoms with Crippen LogP contribution in [0.2, 0.25) is 0 Å². The molecule has 1 heterocycles. The maximum Gasteiger partial charge on any atom is 0.334 e. The van der Waals surface area contributed by atoms with Crippen LogP contribution < -0.4 is 0 Å². The molecule has 1 aliphatic carbocycles. The van der Waals surface area contributed by atoms with E-state index in [1.54, 1.807) is 0 Å². The summed E-state index contributed by atoms with van der Waals surface area (Å²) in [6.45, 7) is 7.95. The fourth-order valence-electron chi connectivity index (χ4n) is 3.21. The number of carboxylic acid groups (broad SMARTS) is 1. The highest BCUT2D eigenvalue weighted by molar-refractivity contribution is 5.91. The standard InChI is InChI=1S/C20H26O4/c1-13-6-4-8-16(19(21)22)9-5-7-14(2)12-18-17(11-10-13)15(3)20(23)24-18/h6,9,12,17-18H,3-5,7-8,10-11H2,1-2H3,(H,21,22)/b13-6+,14-12+,16-9+/t17?,18-/m0/s1. The average Bonchev–Trinajstić information content (AvgIpc) is 2.77. The molecule has 0 spiro atoms. The van der Waals surface area contributed by atoms with Gasteiger partial charge in [0.25, 0.3) is 0 Å². The lowest BCUT2D eigenvalue weighted by molar-refractivity contribution is -0.137. The number of rotatable bonds is 1. The Morgan fingerprint density at radius 3 is 2.58 bits per heavy atom. The van der Waals surface area contributed by atoms with Crippen LogP contribution in [0.1, 0.15) is 52.4 Å². The lowest BCUT2D eigenvalue weighted by atomic mass is 9.89. The van der Waals surface area contributed by atoms with Gasteiger partial charge in [0, 0.05) is 17.1 Å². The van der Waals surface area contributed by atoms with Gasteiger partial charge >= 0.3 is 11.9 Å². The van der Waals surface area contributed by atoms with E-state index in [2.05, 4.69) is 12.7 Å². The third-order valence-electron chi connectivity index (χ3n) is 4.76. The van der Waals surface area contributed by atoms with E-state index in [9.17, 15) is 14.7 Å². The van der Waals surface area contributed by atoms with Crippen molar-refractivity contribution in [3.63, 3.8) is 0 Å².